The number of piperidine rings is 2. The minimum Gasteiger partial charge on any atom is -0.378 e. The molecule has 2 saturated heterocycles. The molecule has 170 valence electrons. The molecule has 32 heavy (non-hydrogen) atoms. The topological polar surface area (TPSA) is 69.6 Å². The molecular formula is C25H33N5O2. The summed E-state index contributed by atoms with van der Waals surface area (Å²) < 4.78 is 0. The van der Waals surface area contributed by atoms with Crippen LogP contribution in [0.15, 0.2) is 30.5 Å². The smallest absolute Gasteiger partial charge is 0.257 e. The zero-order valence-corrected chi connectivity index (χ0v) is 19.4. The third kappa shape index (κ3) is 4.61. The second kappa shape index (κ2) is 9.67. The monoisotopic (exact) mass is 435 g/mol. The largest absolute Gasteiger partial charge is 0.378 e. The van der Waals surface area contributed by atoms with Gasteiger partial charge in [0.1, 0.15) is 5.82 Å². The third-order valence-corrected chi connectivity index (χ3v) is 6.50. The Labute approximate surface area is 190 Å². The quantitative estimate of drug-likeness (QED) is 0.730. The standard InChI is InChI=1S/C25H33N5O2/c1-18-26-17-21(25(32)29-13-6-4-7-14-29)23(27-18)22-12-5-8-15-30(22)24(31)19-10-9-11-20(16-19)28(2)3/h9-11,16-17,22H,4-8,12-15H2,1-3H3/t22-/m0/s1. The minimum absolute atomic E-state index is 0.00715. The molecule has 7 heteroatoms. The lowest BCUT2D eigenvalue weighted by Crippen LogP contribution is -2.41. The highest BCUT2D eigenvalue weighted by Gasteiger charge is 2.34. The maximum Gasteiger partial charge on any atom is 0.257 e. The van der Waals surface area contributed by atoms with E-state index < -0.39 is 0 Å². The molecule has 1 atom stereocenters. The average molecular weight is 436 g/mol. The van der Waals surface area contributed by atoms with Crippen LogP contribution in [0.3, 0.4) is 0 Å². The summed E-state index contributed by atoms with van der Waals surface area (Å²) in [4.78, 5) is 41.9. The van der Waals surface area contributed by atoms with Crippen LogP contribution in [0.1, 0.15) is 76.8 Å². The third-order valence-electron chi connectivity index (χ3n) is 6.50. The van der Waals surface area contributed by atoms with E-state index >= 15 is 0 Å². The first-order valence-corrected chi connectivity index (χ1v) is 11.7. The molecule has 0 N–H and O–H groups in total. The molecule has 2 aliphatic rings. The highest BCUT2D eigenvalue weighted by Crippen LogP contribution is 2.34. The number of aryl methyl sites for hydroxylation is 1. The maximum absolute atomic E-state index is 13.6. The molecule has 7 nitrogen and oxygen atoms in total. The van der Waals surface area contributed by atoms with Gasteiger partial charge in [-0.3, -0.25) is 9.59 Å². The van der Waals surface area contributed by atoms with E-state index in [9.17, 15) is 9.59 Å². The molecule has 4 rings (SSSR count). The lowest BCUT2D eigenvalue weighted by molar-refractivity contribution is 0.0593. The van der Waals surface area contributed by atoms with Crippen molar-refractivity contribution in [2.45, 2.75) is 51.5 Å². The number of amides is 2. The van der Waals surface area contributed by atoms with Crippen molar-refractivity contribution in [2.75, 3.05) is 38.6 Å². The number of aromatic nitrogens is 2. The number of carbonyl (C=O) groups is 2. The number of carbonyl (C=O) groups excluding carboxylic acids is 2. The molecule has 1 aromatic carbocycles. The Morgan fingerprint density at radius 3 is 2.50 bits per heavy atom. The van der Waals surface area contributed by atoms with Crippen LogP contribution in [-0.2, 0) is 0 Å². The van der Waals surface area contributed by atoms with Gasteiger partial charge in [-0.2, -0.15) is 0 Å². The van der Waals surface area contributed by atoms with E-state index in [-0.39, 0.29) is 17.9 Å². The van der Waals surface area contributed by atoms with Crippen LogP contribution in [-0.4, -0.2) is 65.3 Å². The first-order valence-electron chi connectivity index (χ1n) is 11.7. The first kappa shape index (κ1) is 22.2. The van der Waals surface area contributed by atoms with Crippen molar-refractivity contribution in [3.8, 4) is 0 Å². The Morgan fingerprint density at radius 2 is 1.75 bits per heavy atom. The fourth-order valence-electron chi connectivity index (χ4n) is 4.72. The number of hydrogen-bond acceptors (Lipinski definition) is 5. The van der Waals surface area contributed by atoms with E-state index in [0.717, 1.165) is 57.3 Å². The molecule has 0 radical (unpaired) electrons. The molecule has 0 spiro atoms. The zero-order valence-electron chi connectivity index (χ0n) is 19.4. The number of nitrogens with zero attached hydrogens (tertiary/aromatic N) is 5. The highest BCUT2D eigenvalue weighted by molar-refractivity contribution is 5.97. The Kier molecular flexibility index (Phi) is 6.72. The summed E-state index contributed by atoms with van der Waals surface area (Å²) >= 11 is 0. The van der Waals surface area contributed by atoms with Gasteiger partial charge in [-0.05, 0) is 63.6 Å². The summed E-state index contributed by atoms with van der Waals surface area (Å²) in [5.74, 6) is 0.612. The van der Waals surface area contributed by atoms with Gasteiger partial charge in [0.25, 0.3) is 11.8 Å². The van der Waals surface area contributed by atoms with Crippen molar-refractivity contribution in [3.05, 3.63) is 53.1 Å². The maximum atomic E-state index is 13.6. The van der Waals surface area contributed by atoms with Crippen LogP contribution in [0.5, 0.6) is 0 Å². The normalized spacial score (nSPS) is 19.0. The van der Waals surface area contributed by atoms with Gasteiger partial charge in [0.15, 0.2) is 0 Å². The molecule has 3 heterocycles. The number of benzene rings is 1. The highest BCUT2D eigenvalue weighted by atomic mass is 16.2. The van der Waals surface area contributed by atoms with E-state index in [1.807, 2.05) is 60.0 Å². The van der Waals surface area contributed by atoms with Crippen molar-refractivity contribution in [2.24, 2.45) is 0 Å². The second-order valence-electron chi connectivity index (χ2n) is 9.02. The fourth-order valence-corrected chi connectivity index (χ4v) is 4.72. The molecule has 2 aliphatic heterocycles. The van der Waals surface area contributed by atoms with Crippen molar-refractivity contribution >= 4 is 17.5 Å². The van der Waals surface area contributed by atoms with Crippen molar-refractivity contribution in [3.63, 3.8) is 0 Å². The molecule has 1 aromatic heterocycles. The predicted molar refractivity (Wildman–Crippen MR) is 125 cm³/mol. The molecule has 0 saturated carbocycles. The zero-order chi connectivity index (χ0) is 22.7. The van der Waals surface area contributed by atoms with Crippen LogP contribution < -0.4 is 4.90 Å². The molecule has 0 aliphatic carbocycles. The summed E-state index contributed by atoms with van der Waals surface area (Å²) in [5.41, 5.74) is 2.90. The summed E-state index contributed by atoms with van der Waals surface area (Å²) in [6.07, 6.45) is 7.65. The summed E-state index contributed by atoms with van der Waals surface area (Å²) in [6, 6.07) is 7.49. The van der Waals surface area contributed by atoms with Gasteiger partial charge >= 0.3 is 0 Å². The van der Waals surface area contributed by atoms with Crippen molar-refractivity contribution in [1.29, 1.82) is 0 Å². The molecule has 2 fully saturated rings. The Bertz CT molecular complexity index is 984. The number of hydrogen-bond donors (Lipinski definition) is 0. The predicted octanol–water partition coefficient (Wildman–Crippen LogP) is 3.84. The lowest BCUT2D eigenvalue weighted by Gasteiger charge is -2.37. The number of likely N-dealkylation sites (tertiary alicyclic amines) is 2. The van der Waals surface area contributed by atoms with E-state index in [0.29, 0.717) is 29.2 Å². The molecule has 0 bridgehead atoms. The van der Waals surface area contributed by atoms with E-state index in [1.54, 1.807) is 6.20 Å². The van der Waals surface area contributed by atoms with Gasteiger partial charge in [0.05, 0.1) is 17.3 Å². The van der Waals surface area contributed by atoms with E-state index in [1.165, 1.54) is 0 Å². The molecular weight excluding hydrogens is 402 g/mol. The van der Waals surface area contributed by atoms with Gasteiger partial charge in [0.2, 0.25) is 0 Å². The minimum atomic E-state index is -0.218. The average Bonchev–Trinajstić information content (AvgIpc) is 2.83. The number of rotatable bonds is 4. The Morgan fingerprint density at radius 1 is 1.00 bits per heavy atom. The molecule has 2 amide bonds. The summed E-state index contributed by atoms with van der Waals surface area (Å²) in [7, 11) is 3.94. The van der Waals surface area contributed by atoms with Gasteiger partial charge in [-0.1, -0.05) is 6.07 Å². The SMILES string of the molecule is Cc1ncc(C(=O)N2CCCCC2)c([C@@H]2CCCCN2C(=O)c2cccc(N(C)C)c2)n1. The van der Waals surface area contributed by atoms with Crippen LogP contribution in [0.2, 0.25) is 0 Å². The van der Waals surface area contributed by atoms with Crippen molar-refractivity contribution < 1.29 is 9.59 Å². The Balaban J connectivity index is 1.68. The summed E-state index contributed by atoms with van der Waals surface area (Å²) in [6.45, 7) is 4.05. The Hall–Kier alpha value is -2.96. The fraction of sp³-hybridized carbons (Fsp3) is 0.520. The first-order chi connectivity index (χ1) is 15.5. The second-order valence-corrected chi connectivity index (χ2v) is 9.02. The van der Waals surface area contributed by atoms with Gasteiger partial charge in [0, 0.05) is 51.2 Å². The van der Waals surface area contributed by atoms with Crippen molar-refractivity contribution in [1.82, 2.24) is 19.8 Å². The van der Waals surface area contributed by atoms with Gasteiger partial charge in [-0.25, -0.2) is 9.97 Å². The molecule has 0 unspecified atom stereocenters. The summed E-state index contributed by atoms with van der Waals surface area (Å²) in [5, 5.41) is 0. The molecule has 2 aromatic rings. The van der Waals surface area contributed by atoms with Crippen LogP contribution >= 0.6 is 0 Å². The number of anilines is 1. The lowest BCUT2D eigenvalue weighted by atomic mass is 9.94. The van der Waals surface area contributed by atoms with Crippen LogP contribution in [0.4, 0.5) is 5.69 Å². The van der Waals surface area contributed by atoms with E-state index in [2.05, 4.69) is 4.98 Å². The van der Waals surface area contributed by atoms with Crippen LogP contribution in [0.25, 0.3) is 0 Å². The van der Waals surface area contributed by atoms with Crippen LogP contribution in [0, 0.1) is 6.92 Å². The van der Waals surface area contributed by atoms with Gasteiger partial charge in [-0.15, -0.1) is 0 Å². The van der Waals surface area contributed by atoms with Gasteiger partial charge < -0.3 is 14.7 Å². The van der Waals surface area contributed by atoms with E-state index in [4.69, 9.17) is 4.98 Å².